The third kappa shape index (κ3) is 2.99. The number of ether oxygens (including phenoxy) is 1. The molecule has 4 nitrogen and oxygen atoms in total. The van der Waals surface area contributed by atoms with Gasteiger partial charge in [-0.25, -0.2) is 4.79 Å². The molecule has 0 aliphatic carbocycles. The molecule has 1 aliphatic heterocycles. The molecule has 15 heavy (non-hydrogen) atoms. The van der Waals surface area contributed by atoms with Gasteiger partial charge in [0.2, 0.25) is 5.78 Å². The monoisotopic (exact) mass is 205 g/mol. The van der Waals surface area contributed by atoms with Crippen LogP contribution in [0.3, 0.4) is 0 Å². The number of hydrogen-bond acceptors (Lipinski definition) is 3. The lowest BCUT2D eigenvalue weighted by molar-refractivity contribution is -0.111. The molecule has 0 unspecified atom stereocenters. The first-order valence-corrected chi connectivity index (χ1v) is 4.38. The predicted molar refractivity (Wildman–Crippen MR) is 54.8 cm³/mol. The van der Waals surface area contributed by atoms with Gasteiger partial charge in [0, 0.05) is 13.1 Å². The topological polar surface area (TPSA) is 46.6 Å². The van der Waals surface area contributed by atoms with Crippen molar-refractivity contribution < 1.29 is 14.3 Å². The highest BCUT2D eigenvalue weighted by atomic mass is 16.5. The van der Waals surface area contributed by atoms with Crippen LogP contribution in [0.25, 0.3) is 0 Å². The van der Waals surface area contributed by atoms with E-state index < -0.39 is 12.1 Å². The van der Waals surface area contributed by atoms with Crippen LogP contribution in [0.2, 0.25) is 0 Å². The number of ketones is 1. The molecular weight excluding hydrogens is 194 g/mol. The summed E-state index contributed by atoms with van der Waals surface area (Å²) in [5.41, 5.74) is 0. The van der Waals surface area contributed by atoms with Gasteiger partial charge in [-0.3, -0.25) is 9.69 Å². The zero-order chi connectivity index (χ0) is 11.3. The van der Waals surface area contributed by atoms with Crippen molar-refractivity contribution in [1.29, 1.82) is 0 Å². The first kappa shape index (κ1) is 11.1. The summed E-state index contributed by atoms with van der Waals surface area (Å²) < 4.78 is 4.58. The molecule has 1 heterocycles. The van der Waals surface area contributed by atoms with Crippen molar-refractivity contribution in [2.24, 2.45) is 0 Å². The fourth-order valence-corrected chi connectivity index (χ4v) is 1.07. The Morgan fingerprint density at radius 2 is 2.13 bits per heavy atom. The van der Waals surface area contributed by atoms with Crippen LogP contribution in [0.1, 0.15) is 6.92 Å². The molecule has 0 aromatic rings. The fourth-order valence-electron chi connectivity index (χ4n) is 1.07. The van der Waals surface area contributed by atoms with E-state index in [0.29, 0.717) is 0 Å². The first-order chi connectivity index (χ1) is 7.15. The molecule has 1 amide bonds. The van der Waals surface area contributed by atoms with Gasteiger partial charge >= 0.3 is 6.09 Å². The average molecular weight is 205 g/mol. The van der Waals surface area contributed by atoms with Crippen molar-refractivity contribution >= 4 is 11.9 Å². The van der Waals surface area contributed by atoms with E-state index in [9.17, 15) is 9.59 Å². The Kier molecular flexibility index (Phi) is 3.69. The Balaban J connectivity index is 2.83. The second-order valence-corrected chi connectivity index (χ2v) is 2.87. The van der Waals surface area contributed by atoms with Crippen LogP contribution in [0.4, 0.5) is 4.79 Å². The van der Waals surface area contributed by atoms with Gasteiger partial charge in [0.1, 0.15) is 6.04 Å². The van der Waals surface area contributed by atoms with Crippen LogP contribution in [0.5, 0.6) is 0 Å². The molecular formula is C11H11NO3. The highest BCUT2D eigenvalue weighted by Gasteiger charge is 2.19. The van der Waals surface area contributed by atoms with Gasteiger partial charge in [-0.15, -0.1) is 0 Å². The number of nitrogens with zero attached hydrogens (tertiary/aromatic N) is 1. The van der Waals surface area contributed by atoms with Gasteiger partial charge in [-0.1, -0.05) is 12.0 Å². The molecule has 0 spiro atoms. The molecule has 0 N–H and O–H groups in total. The number of Topliss-reactive ketones (excluding diaryl/α,β-unsaturated/α-hetero) is 1. The van der Waals surface area contributed by atoms with Gasteiger partial charge in [0.25, 0.3) is 0 Å². The quantitative estimate of drug-likeness (QED) is 0.439. The highest BCUT2D eigenvalue weighted by molar-refractivity contribution is 5.93. The van der Waals surface area contributed by atoms with Gasteiger partial charge in [0.15, 0.2) is 0 Å². The van der Waals surface area contributed by atoms with Crippen molar-refractivity contribution in [3.8, 4) is 11.8 Å². The number of allylic oxidation sites excluding steroid dienone is 2. The molecule has 0 fully saturated rings. The third-order valence-corrected chi connectivity index (χ3v) is 1.73. The fraction of sp³-hybridized carbons (Fsp3) is 0.273. The largest absolute Gasteiger partial charge is 0.452 e. The lowest BCUT2D eigenvalue weighted by atomic mass is 10.2. The zero-order valence-corrected chi connectivity index (χ0v) is 8.56. The van der Waals surface area contributed by atoms with Crippen molar-refractivity contribution in [3.05, 3.63) is 24.4 Å². The number of amides is 1. The summed E-state index contributed by atoms with van der Waals surface area (Å²) in [7, 11) is 1.30. The normalized spacial score (nSPS) is 18.0. The van der Waals surface area contributed by atoms with Crippen molar-refractivity contribution in [2.75, 3.05) is 7.11 Å². The first-order valence-electron chi connectivity index (χ1n) is 4.38. The van der Waals surface area contributed by atoms with Gasteiger partial charge in [-0.2, -0.15) is 0 Å². The second kappa shape index (κ2) is 5.01. The lowest BCUT2D eigenvalue weighted by Crippen LogP contribution is -2.35. The number of rotatable bonds is 0. The summed E-state index contributed by atoms with van der Waals surface area (Å²) in [6.45, 7) is 1.37. The van der Waals surface area contributed by atoms with E-state index >= 15 is 0 Å². The molecule has 1 rings (SSSR count). The summed E-state index contributed by atoms with van der Waals surface area (Å²) in [4.78, 5) is 23.3. The molecule has 4 heteroatoms. The predicted octanol–water partition coefficient (Wildman–Crippen LogP) is 1.10. The summed E-state index contributed by atoms with van der Waals surface area (Å²) in [6, 6.07) is -0.439. The Labute approximate surface area is 88.2 Å². The maximum atomic E-state index is 11.3. The van der Waals surface area contributed by atoms with Crippen LogP contribution in [-0.4, -0.2) is 29.9 Å². The smallest absolute Gasteiger partial charge is 0.414 e. The van der Waals surface area contributed by atoms with Crippen LogP contribution in [0.15, 0.2) is 24.4 Å². The Morgan fingerprint density at radius 3 is 2.73 bits per heavy atom. The Bertz CT molecular complexity index is 384. The van der Waals surface area contributed by atoms with Crippen LogP contribution < -0.4 is 0 Å². The highest BCUT2D eigenvalue weighted by Crippen LogP contribution is 2.08. The third-order valence-electron chi connectivity index (χ3n) is 1.73. The lowest BCUT2D eigenvalue weighted by Gasteiger charge is -2.22. The zero-order valence-electron chi connectivity index (χ0n) is 8.56. The second-order valence-electron chi connectivity index (χ2n) is 2.87. The van der Waals surface area contributed by atoms with Crippen LogP contribution in [-0.2, 0) is 9.53 Å². The van der Waals surface area contributed by atoms with Crippen molar-refractivity contribution in [2.45, 2.75) is 13.0 Å². The van der Waals surface area contributed by atoms with Gasteiger partial charge in [-0.05, 0) is 18.1 Å². The van der Waals surface area contributed by atoms with Gasteiger partial charge < -0.3 is 4.74 Å². The molecule has 0 radical (unpaired) electrons. The van der Waals surface area contributed by atoms with E-state index in [-0.39, 0.29) is 5.78 Å². The SMILES string of the molecule is COC(=O)N1C=CC=C[C@@H]1C#CC(C)=O. The van der Waals surface area contributed by atoms with Crippen LogP contribution in [0, 0.1) is 11.8 Å². The molecule has 0 saturated heterocycles. The van der Waals surface area contributed by atoms with E-state index in [1.807, 2.05) is 0 Å². The molecule has 1 aliphatic rings. The van der Waals surface area contributed by atoms with Gasteiger partial charge in [0.05, 0.1) is 7.11 Å². The average Bonchev–Trinajstić information content (AvgIpc) is 2.25. The minimum atomic E-state index is -0.501. The maximum absolute atomic E-state index is 11.3. The molecule has 78 valence electrons. The van der Waals surface area contributed by atoms with E-state index in [1.54, 1.807) is 24.4 Å². The summed E-state index contributed by atoms with van der Waals surface area (Å²) in [5.74, 6) is 4.84. The number of carbonyl (C=O) groups excluding carboxylic acids is 2. The standard InChI is InChI=1S/C11H11NO3/c1-9(13)6-7-10-5-3-4-8-12(10)11(14)15-2/h3-5,8,10H,1-2H3/t10-/m1/s1. The summed E-state index contributed by atoms with van der Waals surface area (Å²) in [5, 5.41) is 0. The summed E-state index contributed by atoms with van der Waals surface area (Å²) in [6.07, 6.45) is 6.23. The molecule has 0 bridgehead atoms. The molecule has 0 saturated carbocycles. The number of carbonyl (C=O) groups is 2. The van der Waals surface area contributed by atoms with E-state index in [4.69, 9.17) is 0 Å². The molecule has 0 aromatic heterocycles. The summed E-state index contributed by atoms with van der Waals surface area (Å²) >= 11 is 0. The number of methoxy groups -OCH3 is 1. The Hall–Kier alpha value is -2.02. The van der Waals surface area contributed by atoms with Crippen LogP contribution >= 0.6 is 0 Å². The van der Waals surface area contributed by atoms with Crippen molar-refractivity contribution in [1.82, 2.24) is 4.90 Å². The van der Waals surface area contributed by atoms with E-state index in [0.717, 1.165) is 0 Å². The molecule has 0 aromatic carbocycles. The van der Waals surface area contributed by atoms with E-state index in [2.05, 4.69) is 16.6 Å². The maximum Gasteiger partial charge on any atom is 0.414 e. The number of hydrogen-bond donors (Lipinski definition) is 0. The minimum absolute atomic E-state index is 0.234. The Morgan fingerprint density at radius 1 is 1.40 bits per heavy atom. The van der Waals surface area contributed by atoms with Crippen molar-refractivity contribution in [3.63, 3.8) is 0 Å². The van der Waals surface area contributed by atoms with E-state index in [1.165, 1.54) is 18.9 Å². The minimum Gasteiger partial charge on any atom is -0.452 e. The molecule has 1 atom stereocenters.